The molecule has 0 spiro atoms. The fraction of sp³-hybridized carbons (Fsp3) is 0.286. The van der Waals surface area contributed by atoms with Crippen molar-refractivity contribution < 1.29 is 19.1 Å². The number of hydrogen-bond acceptors (Lipinski definition) is 5. The molecule has 0 aliphatic carbocycles. The quantitative estimate of drug-likeness (QED) is 0.621. The number of esters is 1. The minimum Gasteiger partial charge on any atom is -0.482 e. The normalized spacial score (nSPS) is 9.16. The summed E-state index contributed by atoms with van der Waals surface area (Å²) >= 11 is 1.18. The summed E-state index contributed by atoms with van der Waals surface area (Å²) in [6, 6.07) is 7.03. The van der Waals surface area contributed by atoms with Crippen LogP contribution in [0, 0.1) is 11.8 Å². The second-order valence-corrected chi connectivity index (χ2v) is 4.62. The molecule has 1 aromatic carbocycles. The van der Waals surface area contributed by atoms with Gasteiger partial charge in [-0.1, -0.05) is 23.6 Å². The first-order chi connectivity index (χ1) is 9.11. The molecule has 0 amide bonds. The highest BCUT2D eigenvalue weighted by atomic mass is 32.2. The van der Waals surface area contributed by atoms with Gasteiger partial charge >= 0.3 is 5.97 Å². The molecule has 4 nitrogen and oxygen atoms in total. The lowest BCUT2D eigenvalue weighted by Crippen LogP contribution is -2.12. The van der Waals surface area contributed by atoms with E-state index in [1.165, 1.54) is 25.8 Å². The maximum absolute atomic E-state index is 10.9. The van der Waals surface area contributed by atoms with Gasteiger partial charge in [-0.2, -0.15) is 0 Å². The number of benzene rings is 1. The van der Waals surface area contributed by atoms with E-state index in [-0.39, 0.29) is 11.7 Å². The fourth-order valence-electron chi connectivity index (χ4n) is 1.11. The molecular weight excluding hydrogens is 264 g/mol. The summed E-state index contributed by atoms with van der Waals surface area (Å²) in [5.74, 6) is 6.46. The standard InChI is InChI=1S/C14H14O4S/c1-11(15)19-9-3-4-12-5-7-13(8-6-12)18-10-14(16)17-2/h5-8H,9-10H2,1-2H3. The van der Waals surface area contributed by atoms with Crippen molar-refractivity contribution in [1.82, 2.24) is 0 Å². The Morgan fingerprint density at radius 3 is 2.53 bits per heavy atom. The lowest BCUT2D eigenvalue weighted by Gasteiger charge is -2.03. The van der Waals surface area contributed by atoms with Crippen LogP contribution in [-0.2, 0) is 14.3 Å². The molecule has 0 saturated carbocycles. The second-order valence-electron chi connectivity index (χ2n) is 3.47. The van der Waals surface area contributed by atoms with Crippen LogP contribution in [0.2, 0.25) is 0 Å². The summed E-state index contributed by atoms with van der Waals surface area (Å²) in [5.41, 5.74) is 0.828. The van der Waals surface area contributed by atoms with Gasteiger partial charge < -0.3 is 9.47 Å². The van der Waals surface area contributed by atoms with Crippen molar-refractivity contribution in [3.05, 3.63) is 29.8 Å². The Morgan fingerprint density at radius 1 is 1.26 bits per heavy atom. The highest BCUT2D eigenvalue weighted by molar-refractivity contribution is 8.13. The van der Waals surface area contributed by atoms with Gasteiger partial charge in [0, 0.05) is 12.5 Å². The van der Waals surface area contributed by atoms with Crippen LogP contribution >= 0.6 is 11.8 Å². The Bertz CT molecular complexity index is 496. The predicted octanol–water partition coefficient (Wildman–Crippen LogP) is 1.87. The largest absolute Gasteiger partial charge is 0.482 e. The lowest BCUT2D eigenvalue weighted by molar-refractivity contribution is -0.142. The van der Waals surface area contributed by atoms with E-state index >= 15 is 0 Å². The van der Waals surface area contributed by atoms with Crippen molar-refractivity contribution in [1.29, 1.82) is 0 Å². The van der Waals surface area contributed by atoms with Crippen molar-refractivity contribution in [3.8, 4) is 17.6 Å². The average molecular weight is 278 g/mol. The van der Waals surface area contributed by atoms with Crippen LogP contribution in [0.5, 0.6) is 5.75 Å². The van der Waals surface area contributed by atoms with Gasteiger partial charge in [0.2, 0.25) is 0 Å². The van der Waals surface area contributed by atoms with E-state index in [9.17, 15) is 9.59 Å². The van der Waals surface area contributed by atoms with E-state index in [1.54, 1.807) is 24.3 Å². The minimum absolute atomic E-state index is 0.0564. The Labute approximate surface area is 116 Å². The highest BCUT2D eigenvalue weighted by Crippen LogP contribution is 2.11. The summed E-state index contributed by atoms with van der Waals surface area (Å²) in [5, 5.41) is 0.0564. The van der Waals surface area contributed by atoms with Crippen LogP contribution in [0.3, 0.4) is 0 Å². The van der Waals surface area contributed by atoms with E-state index in [1.807, 2.05) is 0 Å². The molecule has 100 valence electrons. The maximum Gasteiger partial charge on any atom is 0.343 e. The van der Waals surface area contributed by atoms with Gasteiger partial charge in [0.05, 0.1) is 12.9 Å². The Balaban J connectivity index is 2.47. The van der Waals surface area contributed by atoms with Crippen molar-refractivity contribution in [2.24, 2.45) is 0 Å². The number of ether oxygens (including phenoxy) is 2. The van der Waals surface area contributed by atoms with Gasteiger partial charge in [-0.05, 0) is 24.3 Å². The van der Waals surface area contributed by atoms with Gasteiger partial charge in [-0.15, -0.1) is 0 Å². The van der Waals surface area contributed by atoms with E-state index in [2.05, 4.69) is 16.6 Å². The second kappa shape index (κ2) is 8.22. The van der Waals surface area contributed by atoms with Gasteiger partial charge in [0.25, 0.3) is 0 Å². The first-order valence-corrected chi connectivity index (χ1v) is 6.52. The molecule has 1 aromatic rings. The maximum atomic E-state index is 10.9. The van der Waals surface area contributed by atoms with Crippen LogP contribution in [0.4, 0.5) is 0 Å². The summed E-state index contributed by atoms with van der Waals surface area (Å²) < 4.78 is 9.66. The summed E-state index contributed by atoms with van der Waals surface area (Å²) in [7, 11) is 1.31. The molecule has 0 aromatic heterocycles. The van der Waals surface area contributed by atoms with E-state index in [0.29, 0.717) is 11.5 Å². The summed E-state index contributed by atoms with van der Waals surface area (Å²) in [6.07, 6.45) is 0. The molecule has 19 heavy (non-hydrogen) atoms. The average Bonchev–Trinajstić information content (AvgIpc) is 2.42. The number of methoxy groups -OCH3 is 1. The first kappa shape index (κ1) is 15.1. The molecule has 0 aliphatic rings. The molecule has 0 saturated heterocycles. The van der Waals surface area contributed by atoms with E-state index in [4.69, 9.17) is 4.74 Å². The Hall–Kier alpha value is -1.93. The molecule has 0 radical (unpaired) electrons. The lowest BCUT2D eigenvalue weighted by atomic mass is 10.2. The SMILES string of the molecule is COC(=O)COc1ccc(C#CCSC(C)=O)cc1. The molecule has 0 atom stereocenters. The summed E-state index contributed by atoms with van der Waals surface area (Å²) in [4.78, 5) is 21.6. The molecule has 0 N–H and O–H groups in total. The fourth-order valence-corrected chi connectivity index (χ4v) is 1.46. The van der Waals surface area contributed by atoms with Gasteiger partial charge in [-0.25, -0.2) is 4.79 Å². The van der Waals surface area contributed by atoms with Crippen LogP contribution < -0.4 is 4.74 Å². The zero-order chi connectivity index (χ0) is 14.1. The van der Waals surface area contributed by atoms with Gasteiger partial charge in [0.1, 0.15) is 5.75 Å². The van der Waals surface area contributed by atoms with E-state index in [0.717, 1.165) is 5.56 Å². The van der Waals surface area contributed by atoms with Crippen LogP contribution in [0.15, 0.2) is 24.3 Å². The van der Waals surface area contributed by atoms with Crippen molar-refractivity contribution in [2.75, 3.05) is 19.5 Å². The predicted molar refractivity (Wildman–Crippen MR) is 74.0 cm³/mol. The molecule has 0 fully saturated rings. The third kappa shape index (κ3) is 6.53. The molecule has 0 aliphatic heterocycles. The zero-order valence-corrected chi connectivity index (χ0v) is 11.6. The molecular formula is C14H14O4S. The molecule has 1 rings (SSSR count). The topological polar surface area (TPSA) is 52.6 Å². The smallest absolute Gasteiger partial charge is 0.343 e. The molecule has 0 unspecified atom stereocenters. The summed E-state index contributed by atoms with van der Waals surface area (Å²) in [6.45, 7) is 1.40. The number of rotatable bonds is 4. The zero-order valence-electron chi connectivity index (χ0n) is 10.8. The first-order valence-electron chi connectivity index (χ1n) is 5.53. The third-order valence-electron chi connectivity index (χ3n) is 2.02. The Kier molecular flexibility index (Phi) is 6.55. The Morgan fingerprint density at radius 2 is 1.95 bits per heavy atom. The van der Waals surface area contributed by atoms with Gasteiger partial charge in [0.15, 0.2) is 11.7 Å². The van der Waals surface area contributed by atoms with Crippen molar-refractivity contribution >= 4 is 22.8 Å². The van der Waals surface area contributed by atoms with Gasteiger partial charge in [-0.3, -0.25) is 4.79 Å². The monoisotopic (exact) mass is 278 g/mol. The van der Waals surface area contributed by atoms with E-state index < -0.39 is 5.97 Å². The third-order valence-corrected chi connectivity index (χ3v) is 2.71. The number of thioether (sulfide) groups is 1. The highest BCUT2D eigenvalue weighted by Gasteiger charge is 2.00. The van der Waals surface area contributed by atoms with Crippen LogP contribution in [0.1, 0.15) is 12.5 Å². The molecule has 0 heterocycles. The minimum atomic E-state index is -0.426. The molecule has 5 heteroatoms. The molecule has 0 bridgehead atoms. The number of hydrogen-bond donors (Lipinski definition) is 0. The van der Waals surface area contributed by atoms with Crippen LogP contribution in [-0.4, -0.2) is 30.6 Å². The van der Waals surface area contributed by atoms with Crippen LogP contribution in [0.25, 0.3) is 0 Å². The van der Waals surface area contributed by atoms with Crippen molar-refractivity contribution in [3.63, 3.8) is 0 Å². The number of carbonyl (C=O) groups excluding carboxylic acids is 2. The number of carbonyl (C=O) groups is 2. The van der Waals surface area contributed by atoms with Crippen molar-refractivity contribution in [2.45, 2.75) is 6.92 Å².